The van der Waals surface area contributed by atoms with E-state index in [9.17, 15) is 0 Å². The number of rotatable bonds is 5. The summed E-state index contributed by atoms with van der Waals surface area (Å²) in [5.74, 6) is 1.24. The highest BCUT2D eigenvalue weighted by atomic mass is 15.1. The van der Waals surface area contributed by atoms with E-state index in [1.54, 1.807) is 6.20 Å². The fourth-order valence-corrected chi connectivity index (χ4v) is 3.86. The Labute approximate surface area is 167 Å². The fraction of sp³-hybridized carbons (Fsp3) is 0.435. The molecule has 146 valence electrons. The second kappa shape index (κ2) is 7.38. The van der Waals surface area contributed by atoms with Crippen LogP contribution in [0.25, 0.3) is 11.3 Å². The summed E-state index contributed by atoms with van der Waals surface area (Å²) in [7, 11) is 0. The summed E-state index contributed by atoms with van der Waals surface area (Å²) in [6.45, 7) is 9.73. The molecule has 0 aliphatic heterocycles. The predicted octanol–water partition coefficient (Wildman–Crippen LogP) is 5.12. The number of nitrogens with one attached hydrogen (secondary N) is 2. The van der Waals surface area contributed by atoms with Crippen LogP contribution in [0.2, 0.25) is 0 Å². The van der Waals surface area contributed by atoms with Gasteiger partial charge in [0, 0.05) is 41.5 Å². The van der Waals surface area contributed by atoms with Gasteiger partial charge < -0.3 is 5.32 Å². The highest BCUT2D eigenvalue weighted by Crippen LogP contribution is 2.38. The molecule has 0 saturated heterocycles. The number of pyridine rings is 2. The van der Waals surface area contributed by atoms with Crippen molar-refractivity contribution in [2.75, 3.05) is 5.32 Å². The predicted molar refractivity (Wildman–Crippen MR) is 113 cm³/mol. The van der Waals surface area contributed by atoms with E-state index in [1.807, 2.05) is 12.3 Å². The summed E-state index contributed by atoms with van der Waals surface area (Å²) in [6, 6.07) is 8.34. The fourth-order valence-electron chi connectivity index (χ4n) is 3.86. The maximum Gasteiger partial charge on any atom is 0.127 e. The molecule has 0 amide bonds. The molecule has 0 aromatic carbocycles. The van der Waals surface area contributed by atoms with Gasteiger partial charge in [-0.2, -0.15) is 5.10 Å². The van der Waals surface area contributed by atoms with E-state index < -0.39 is 0 Å². The molecule has 3 aromatic heterocycles. The SMILES string of the molecule is CC(C)c1cc(-c2n[nH]c3c2CCC(C)(C)C3)cc(NCc2cccnc2)n1. The number of fused-ring (bicyclic) bond motifs is 1. The molecular weight excluding hydrogens is 346 g/mol. The van der Waals surface area contributed by atoms with Crippen molar-refractivity contribution in [2.24, 2.45) is 5.41 Å². The molecule has 1 aliphatic carbocycles. The van der Waals surface area contributed by atoms with E-state index in [2.05, 4.69) is 61.3 Å². The molecule has 3 aromatic rings. The zero-order chi connectivity index (χ0) is 19.7. The van der Waals surface area contributed by atoms with Crippen LogP contribution in [-0.4, -0.2) is 20.2 Å². The lowest BCUT2D eigenvalue weighted by atomic mass is 9.76. The van der Waals surface area contributed by atoms with Gasteiger partial charge >= 0.3 is 0 Å². The lowest BCUT2D eigenvalue weighted by Crippen LogP contribution is -2.21. The minimum absolute atomic E-state index is 0.342. The lowest BCUT2D eigenvalue weighted by molar-refractivity contribution is 0.312. The molecule has 0 unspecified atom stereocenters. The first-order valence-corrected chi connectivity index (χ1v) is 10.1. The van der Waals surface area contributed by atoms with Gasteiger partial charge in [-0.1, -0.05) is 33.8 Å². The van der Waals surface area contributed by atoms with Crippen molar-refractivity contribution in [3.05, 3.63) is 59.2 Å². The Bertz CT molecular complexity index is 956. The van der Waals surface area contributed by atoms with Crippen LogP contribution in [0, 0.1) is 5.41 Å². The van der Waals surface area contributed by atoms with Crippen LogP contribution < -0.4 is 5.32 Å². The maximum absolute atomic E-state index is 4.82. The summed E-state index contributed by atoms with van der Waals surface area (Å²) in [4.78, 5) is 9.01. The van der Waals surface area contributed by atoms with Crippen LogP contribution in [0.1, 0.15) is 62.5 Å². The second-order valence-electron chi connectivity index (χ2n) is 8.91. The number of anilines is 1. The Hall–Kier alpha value is -2.69. The van der Waals surface area contributed by atoms with Gasteiger partial charge in [0.15, 0.2) is 0 Å². The minimum atomic E-state index is 0.342. The Morgan fingerprint density at radius 1 is 1.25 bits per heavy atom. The summed E-state index contributed by atoms with van der Waals surface area (Å²) in [5, 5.41) is 11.5. The molecule has 28 heavy (non-hydrogen) atoms. The topological polar surface area (TPSA) is 66.5 Å². The first kappa shape index (κ1) is 18.7. The largest absolute Gasteiger partial charge is 0.366 e. The van der Waals surface area contributed by atoms with E-state index >= 15 is 0 Å². The van der Waals surface area contributed by atoms with Crippen molar-refractivity contribution >= 4 is 5.82 Å². The van der Waals surface area contributed by atoms with Crippen LogP contribution in [0.5, 0.6) is 0 Å². The summed E-state index contributed by atoms with van der Waals surface area (Å²) in [5.41, 5.74) is 7.45. The number of hydrogen-bond acceptors (Lipinski definition) is 4. The quantitative estimate of drug-likeness (QED) is 0.650. The number of hydrogen-bond donors (Lipinski definition) is 2. The van der Waals surface area contributed by atoms with E-state index in [1.165, 1.54) is 17.7 Å². The Kier molecular flexibility index (Phi) is 4.92. The number of H-pyrrole nitrogens is 1. The lowest BCUT2D eigenvalue weighted by Gasteiger charge is -2.29. The molecule has 2 N–H and O–H groups in total. The monoisotopic (exact) mass is 375 g/mol. The number of aromatic amines is 1. The van der Waals surface area contributed by atoms with Crippen LogP contribution in [0.4, 0.5) is 5.82 Å². The second-order valence-corrected chi connectivity index (χ2v) is 8.91. The summed E-state index contributed by atoms with van der Waals surface area (Å²) >= 11 is 0. The standard InChI is InChI=1S/C23H29N5/c1-15(2)19-10-17(11-21(26-19)25-14-16-6-5-9-24-13-16)22-18-7-8-23(3,4)12-20(18)27-28-22/h5-6,9-11,13,15H,7-8,12,14H2,1-4H3,(H,25,26)(H,27,28). The van der Waals surface area contributed by atoms with Gasteiger partial charge in [-0.05, 0) is 54.4 Å². The van der Waals surface area contributed by atoms with Gasteiger partial charge in [-0.3, -0.25) is 10.1 Å². The van der Waals surface area contributed by atoms with Crippen molar-refractivity contribution in [2.45, 2.75) is 59.4 Å². The molecule has 0 fully saturated rings. The van der Waals surface area contributed by atoms with Crippen LogP contribution >= 0.6 is 0 Å². The van der Waals surface area contributed by atoms with E-state index in [0.29, 0.717) is 17.9 Å². The molecular formula is C23H29N5. The third kappa shape index (κ3) is 3.93. The van der Waals surface area contributed by atoms with E-state index in [0.717, 1.165) is 41.2 Å². The molecule has 0 saturated carbocycles. The molecule has 5 nitrogen and oxygen atoms in total. The molecule has 3 heterocycles. The molecule has 0 atom stereocenters. The summed E-state index contributed by atoms with van der Waals surface area (Å²) in [6.07, 6.45) is 7.00. The maximum atomic E-state index is 4.82. The first-order valence-electron chi connectivity index (χ1n) is 10.1. The van der Waals surface area contributed by atoms with Gasteiger partial charge in [-0.15, -0.1) is 0 Å². The average Bonchev–Trinajstić information content (AvgIpc) is 3.08. The Balaban J connectivity index is 1.66. The van der Waals surface area contributed by atoms with Crippen LogP contribution in [0.15, 0.2) is 36.7 Å². The zero-order valence-corrected chi connectivity index (χ0v) is 17.2. The van der Waals surface area contributed by atoms with Crippen LogP contribution in [0.3, 0.4) is 0 Å². The van der Waals surface area contributed by atoms with Gasteiger partial charge in [0.1, 0.15) is 5.82 Å². The highest BCUT2D eigenvalue weighted by Gasteiger charge is 2.29. The molecule has 0 spiro atoms. The molecule has 5 heteroatoms. The zero-order valence-electron chi connectivity index (χ0n) is 17.2. The smallest absolute Gasteiger partial charge is 0.127 e. The van der Waals surface area contributed by atoms with Crippen molar-refractivity contribution < 1.29 is 0 Å². The third-order valence-electron chi connectivity index (χ3n) is 5.57. The highest BCUT2D eigenvalue weighted by molar-refractivity contribution is 5.68. The van der Waals surface area contributed by atoms with Gasteiger partial charge in [0.25, 0.3) is 0 Å². The van der Waals surface area contributed by atoms with Crippen molar-refractivity contribution in [1.29, 1.82) is 0 Å². The Morgan fingerprint density at radius 2 is 2.11 bits per heavy atom. The first-order chi connectivity index (χ1) is 13.4. The van der Waals surface area contributed by atoms with E-state index in [4.69, 9.17) is 10.1 Å². The minimum Gasteiger partial charge on any atom is -0.366 e. The molecule has 1 aliphatic rings. The normalized spacial score (nSPS) is 15.5. The number of nitrogens with zero attached hydrogens (tertiary/aromatic N) is 3. The van der Waals surface area contributed by atoms with Gasteiger partial charge in [-0.25, -0.2) is 4.98 Å². The molecule has 0 bridgehead atoms. The van der Waals surface area contributed by atoms with Crippen LogP contribution in [-0.2, 0) is 19.4 Å². The average molecular weight is 376 g/mol. The molecule has 0 radical (unpaired) electrons. The van der Waals surface area contributed by atoms with E-state index in [-0.39, 0.29) is 0 Å². The van der Waals surface area contributed by atoms with Gasteiger partial charge in [0.05, 0.1) is 5.69 Å². The van der Waals surface area contributed by atoms with Crippen molar-refractivity contribution in [3.8, 4) is 11.3 Å². The van der Waals surface area contributed by atoms with Crippen molar-refractivity contribution in [1.82, 2.24) is 20.2 Å². The third-order valence-corrected chi connectivity index (χ3v) is 5.57. The summed E-state index contributed by atoms with van der Waals surface area (Å²) < 4.78 is 0. The number of aromatic nitrogens is 4. The van der Waals surface area contributed by atoms with Crippen molar-refractivity contribution in [3.63, 3.8) is 0 Å². The molecule has 4 rings (SSSR count). The Morgan fingerprint density at radius 3 is 2.86 bits per heavy atom. The van der Waals surface area contributed by atoms with Gasteiger partial charge in [0.2, 0.25) is 0 Å².